The van der Waals surface area contributed by atoms with E-state index in [-0.39, 0.29) is 12.1 Å². The SMILES string of the molecule is CC(=O)O[C@@H]1CN2CCC1CC2. The minimum atomic E-state index is -0.131. The summed E-state index contributed by atoms with van der Waals surface area (Å²) in [6.07, 6.45) is 2.60. The molecule has 3 aliphatic heterocycles. The van der Waals surface area contributed by atoms with Gasteiger partial charge in [-0.05, 0) is 31.8 Å². The monoisotopic (exact) mass is 169 g/mol. The zero-order valence-electron chi connectivity index (χ0n) is 7.45. The van der Waals surface area contributed by atoms with Gasteiger partial charge in [0.1, 0.15) is 6.10 Å². The van der Waals surface area contributed by atoms with Crippen LogP contribution in [0.4, 0.5) is 0 Å². The Morgan fingerprint density at radius 2 is 2.08 bits per heavy atom. The molecule has 0 aromatic rings. The maximum absolute atomic E-state index is 10.7. The van der Waals surface area contributed by atoms with E-state index in [1.54, 1.807) is 0 Å². The van der Waals surface area contributed by atoms with E-state index in [2.05, 4.69) is 4.90 Å². The highest BCUT2D eigenvalue weighted by atomic mass is 16.5. The maximum atomic E-state index is 10.7. The van der Waals surface area contributed by atoms with Gasteiger partial charge in [-0.25, -0.2) is 0 Å². The molecule has 0 spiro atoms. The average Bonchev–Trinajstić information content (AvgIpc) is 2.05. The summed E-state index contributed by atoms with van der Waals surface area (Å²) in [7, 11) is 0. The summed E-state index contributed by atoms with van der Waals surface area (Å²) in [4.78, 5) is 13.1. The van der Waals surface area contributed by atoms with E-state index in [1.165, 1.54) is 32.9 Å². The van der Waals surface area contributed by atoms with Gasteiger partial charge in [0.15, 0.2) is 0 Å². The number of hydrogen-bond donors (Lipinski definition) is 0. The highest BCUT2D eigenvalue weighted by Gasteiger charge is 2.35. The van der Waals surface area contributed by atoms with Gasteiger partial charge in [0.25, 0.3) is 0 Å². The molecule has 3 saturated heterocycles. The molecule has 3 heteroatoms. The molecule has 0 saturated carbocycles. The standard InChI is InChI=1S/C9H15NO2/c1-7(11)12-9-6-10-4-2-8(9)3-5-10/h8-9H,2-6H2,1H3/t9-/m1/s1. The number of hydrogen-bond acceptors (Lipinski definition) is 3. The maximum Gasteiger partial charge on any atom is 0.302 e. The van der Waals surface area contributed by atoms with Crippen molar-refractivity contribution in [3.8, 4) is 0 Å². The Morgan fingerprint density at radius 1 is 1.42 bits per heavy atom. The fourth-order valence-electron chi connectivity index (χ4n) is 2.26. The van der Waals surface area contributed by atoms with Crippen LogP contribution in [-0.4, -0.2) is 36.6 Å². The third-order valence-electron chi connectivity index (χ3n) is 2.91. The number of nitrogens with zero attached hydrogens (tertiary/aromatic N) is 1. The second kappa shape index (κ2) is 3.05. The Kier molecular flexibility index (Phi) is 2.05. The second-order valence-corrected chi connectivity index (χ2v) is 3.79. The zero-order valence-corrected chi connectivity index (χ0v) is 7.45. The summed E-state index contributed by atoms with van der Waals surface area (Å²) in [6.45, 7) is 4.85. The van der Waals surface area contributed by atoms with Crippen LogP contribution in [0.5, 0.6) is 0 Å². The van der Waals surface area contributed by atoms with Crippen molar-refractivity contribution < 1.29 is 9.53 Å². The molecule has 12 heavy (non-hydrogen) atoms. The van der Waals surface area contributed by atoms with Gasteiger partial charge < -0.3 is 4.74 Å². The summed E-state index contributed by atoms with van der Waals surface area (Å²) in [5.74, 6) is 0.507. The van der Waals surface area contributed by atoms with Crippen molar-refractivity contribution >= 4 is 5.97 Å². The van der Waals surface area contributed by atoms with Gasteiger partial charge in [-0.2, -0.15) is 0 Å². The highest BCUT2D eigenvalue weighted by Crippen LogP contribution is 2.29. The van der Waals surface area contributed by atoms with Crippen LogP contribution < -0.4 is 0 Å². The molecule has 0 aromatic carbocycles. The number of carbonyl (C=O) groups is 1. The van der Waals surface area contributed by atoms with Gasteiger partial charge in [-0.15, -0.1) is 0 Å². The van der Waals surface area contributed by atoms with E-state index >= 15 is 0 Å². The molecule has 3 aliphatic rings. The Balaban J connectivity index is 1.95. The average molecular weight is 169 g/mol. The third-order valence-corrected chi connectivity index (χ3v) is 2.91. The predicted octanol–water partition coefficient (Wildman–Crippen LogP) is 0.644. The lowest BCUT2D eigenvalue weighted by molar-refractivity contribution is -0.156. The van der Waals surface area contributed by atoms with E-state index in [9.17, 15) is 4.79 Å². The smallest absolute Gasteiger partial charge is 0.302 e. The molecule has 1 atom stereocenters. The first-order valence-corrected chi connectivity index (χ1v) is 4.65. The van der Waals surface area contributed by atoms with Gasteiger partial charge >= 0.3 is 5.97 Å². The van der Waals surface area contributed by atoms with Crippen molar-refractivity contribution in [3.63, 3.8) is 0 Å². The molecular formula is C9H15NO2. The minimum absolute atomic E-state index is 0.131. The molecule has 2 bridgehead atoms. The Hall–Kier alpha value is -0.570. The number of ether oxygens (including phenoxy) is 1. The van der Waals surface area contributed by atoms with Crippen molar-refractivity contribution in [2.24, 2.45) is 5.92 Å². The normalized spacial score (nSPS) is 39.6. The molecule has 3 fully saturated rings. The highest BCUT2D eigenvalue weighted by molar-refractivity contribution is 5.66. The molecule has 3 rings (SSSR count). The topological polar surface area (TPSA) is 29.5 Å². The summed E-state index contributed by atoms with van der Waals surface area (Å²) in [6, 6.07) is 0. The first-order valence-electron chi connectivity index (χ1n) is 4.65. The number of fused-ring (bicyclic) bond motifs is 3. The van der Waals surface area contributed by atoms with Crippen LogP contribution in [-0.2, 0) is 9.53 Å². The molecule has 0 unspecified atom stereocenters. The summed E-state index contributed by atoms with van der Waals surface area (Å²) < 4.78 is 5.24. The predicted molar refractivity (Wildman–Crippen MR) is 44.7 cm³/mol. The van der Waals surface area contributed by atoms with E-state index in [1.807, 2.05) is 0 Å². The molecule has 0 amide bonds. The molecule has 0 aromatic heterocycles. The first-order chi connectivity index (χ1) is 5.75. The second-order valence-electron chi connectivity index (χ2n) is 3.79. The van der Waals surface area contributed by atoms with E-state index in [0.717, 1.165) is 6.54 Å². The van der Waals surface area contributed by atoms with Crippen LogP contribution >= 0.6 is 0 Å². The molecule has 3 heterocycles. The number of esters is 1. The summed E-state index contributed by atoms with van der Waals surface area (Å²) in [5.41, 5.74) is 0. The van der Waals surface area contributed by atoms with Crippen molar-refractivity contribution in [2.75, 3.05) is 19.6 Å². The van der Waals surface area contributed by atoms with E-state index in [4.69, 9.17) is 4.74 Å². The van der Waals surface area contributed by atoms with Crippen molar-refractivity contribution in [1.82, 2.24) is 4.90 Å². The van der Waals surface area contributed by atoms with Crippen molar-refractivity contribution in [2.45, 2.75) is 25.9 Å². The lowest BCUT2D eigenvalue weighted by atomic mass is 9.86. The molecular weight excluding hydrogens is 154 g/mol. The fraction of sp³-hybridized carbons (Fsp3) is 0.889. The Bertz CT molecular complexity index is 185. The first kappa shape index (κ1) is 8.05. The zero-order chi connectivity index (χ0) is 8.55. The van der Waals surface area contributed by atoms with Gasteiger partial charge in [-0.1, -0.05) is 0 Å². The molecule has 0 N–H and O–H groups in total. The van der Waals surface area contributed by atoms with Crippen LogP contribution in [0.3, 0.4) is 0 Å². The lowest BCUT2D eigenvalue weighted by Crippen LogP contribution is -2.51. The van der Waals surface area contributed by atoms with Crippen LogP contribution in [0.2, 0.25) is 0 Å². The lowest BCUT2D eigenvalue weighted by Gasteiger charge is -2.43. The van der Waals surface area contributed by atoms with Crippen LogP contribution in [0.1, 0.15) is 19.8 Å². The number of rotatable bonds is 1. The van der Waals surface area contributed by atoms with Gasteiger partial charge in [0.2, 0.25) is 0 Å². The molecule has 0 aliphatic carbocycles. The van der Waals surface area contributed by atoms with Gasteiger partial charge in [0.05, 0.1) is 0 Å². The number of piperidine rings is 3. The van der Waals surface area contributed by atoms with Crippen LogP contribution in [0.25, 0.3) is 0 Å². The van der Waals surface area contributed by atoms with Gasteiger partial charge in [0, 0.05) is 13.5 Å². The minimum Gasteiger partial charge on any atom is -0.461 e. The third kappa shape index (κ3) is 1.46. The van der Waals surface area contributed by atoms with E-state index in [0.29, 0.717) is 5.92 Å². The van der Waals surface area contributed by atoms with Crippen LogP contribution in [0, 0.1) is 5.92 Å². The van der Waals surface area contributed by atoms with Gasteiger partial charge in [-0.3, -0.25) is 9.69 Å². The Morgan fingerprint density at radius 3 is 2.50 bits per heavy atom. The molecule has 0 radical (unpaired) electrons. The largest absolute Gasteiger partial charge is 0.461 e. The van der Waals surface area contributed by atoms with E-state index < -0.39 is 0 Å². The molecule has 3 nitrogen and oxygen atoms in total. The summed E-state index contributed by atoms with van der Waals surface area (Å²) in [5, 5.41) is 0. The quantitative estimate of drug-likeness (QED) is 0.540. The van der Waals surface area contributed by atoms with Crippen LogP contribution in [0.15, 0.2) is 0 Å². The number of carbonyl (C=O) groups excluding carboxylic acids is 1. The fourth-order valence-corrected chi connectivity index (χ4v) is 2.26. The molecule has 68 valence electrons. The van der Waals surface area contributed by atoms with Crippen molar-refractivity contribution in [1.29, 1.82) is 0 Å². The van der Waals surface area contributed by atoms with Crippen molar-refractivity contribution in [3.05, 3.63) is 0 Å². The summed E-state index contributed by atoms with van der Waals surface area (Å²) >= 11 is 0. The Labute approximate surface area is 72.7 Å².